The van der Waals surface area contributed by atoms with Crippen LogP contribution in [0.1, 0.15) is 51.1 Å². The number of benzene rings is 1. The number of nitrogens with one attached hydrogen (secondary N) is 1. The number of hydrogen-bond acceptors (Lipinski definition) is 1. The van der Waals surface area contributed by atoms with Gasteiger partial charge in [0.2, 0.25) is 0 Å². The minimum absolute atomic E-state index is 0.493. The molecule has 0 fully saturated rings. The molecule has 1 atom stereocenters. The molecule has 1 aromatic rings. The fraction of sp³-hybridized carbons (Fsp3) is 0.571. The van der Waals surface area contributed by atoms with Gasteiger partial charge >= 0.3 is 0 Å². The van der Waals surface area contributed by atoms with Gasteiger partial charge in [0, 0.05) is 10.5 Å². The van der Waals surface area contributed by atoms with E-state index in [1.807, 2.05) is 0 Å². The van der Waals surface area contributed by atoms with Crippen LogP contribution in [0, 0.1) is 0 Å². The van der Waals surface area contributed by atoms with Crippen LogP contribution in [0.4, 0.5) is 0 Å². The topological polar surface area (TPSA) is 12.0 Å². The summed E-state index contributed by atoms with van der Waals surface area (Å²) in [5.74, 6) is 0. The second-order valence-corrected chi connectivity index (χ2v) is 4.98. The summed E-state index contributed by atoms with van der Waals surface area (Å²) in [6.07, 6.45) is 5.14. The summed E-state index contributed by atoms with van der Waals surface area (Å²) >= 11 is 3.64. The molecule has 0 amide bonds. The molecule has 0 aliphatic carbocycles. The molecule has 90 valence electrons. The predicted molar refractivity (Wildman–Crippen MR) is 74.7 cm³/mol. The van der Waals surface area contributed by atoms with Crippen LogP contribution in [-0.2, 0) is 0 Å². The van der Waals surface area contributed by atoms with Gasteiger partial charge in [-0.3, -0.25) is 0 Å². The van der Waals surface area contributed by atoms with Crippen molar-refractivity contribution in [2.75, 3.05) is 6.54 Å². The fourth-order valence-corrected chi connectivity index (χ4v) is 2.53. The van der Waals surface area contributed by atoms with Gasteiger partial charge in [0.15, 0.2) is 0 Å². The number of unbranched alkanes of at least 4 members (excludes halogenated alkanes) is 2. The summed E-state index contributed by atoms with van der Waals surface area (Å²) in [5, 5.41) is 3.57. The minimum Gasteiger partial charge on any atom is -0.310 e. The van der Waals surface area contributed by atoms with Gasteiger partial charge in [-0.1, -0.05) is 67.2 Å². The minimum atomic E-state index is 0.493. The lowest BCUT2D eigenvalue weighted by atomic mass is 10.0. The quantitative estimate of drug-likeness (QED) is 0.717. The Bertz CT molecular complexity index is 299. The Kier molecular flexibility index (Phi) is 6.74. The molecule has 1 unspecified atom stereocenters. The van der Waals surface area contributed by atoms with Gasteiger partial charge in [0.05, 0.1) is 0 Å². The van der Waals surface area contributed by atoms with Crippen LogP contribution >= 0.6 is 15.9 Å². The van der Waals surface area contributed by atoms with E-state index < -0.39 is 0 Å². The van der Waals surface area contributed by atoms with Gasteiger partial charge in [0.1, 0.15) is 0 Å². The summed E-state index contributed by atoms with van der Waals surface area (Å²) in [7, 11) is 0. The molecule has 2 heteroatoms. The first-order valence-electron chi connectivity index (χ1n) is 6.27. The van der Waals surface area contributed by atoms with Crippen molar-refractivity contribution >= 4 is 15.9 Å². The van der Waals surface area contributed by atoms with Crippen LogP contribution in [0.25, 0.3) is 0 Å². The lowest BCUT2D eigenvalue weighted by Crippen LogP contribution is -2.21. The summed E-state index contributed by atoms with van der Waals surface area (Å²) in [4.78, 5) is 0. The fourth-order valence-electron chi connectivity index (χ4n) is 1.97. The van der Waals surface area contributed by atoms with Crippen molar-refractivity contribution in [3.05, 3.63) is 34.3 Å². The first-order chi connectivity index (χ1) is 7.79. The third-order valence-corrected chi connectivity index (χ3v) is 3.55. The van der Waals surface area contributed by atoms with Gasteiger partial charge in [0.25, 0.3) is 0 Å². The number of halogens is 1. The van der Waals surface area contributed by atoms with Gasteiger partial charge in [-0.25, -0.2) is 0 Å². The number of rotatable bonds is 7. The molecule has 0 aliphatic heterocycles. The Morgan fingerprint density at radius 2 is 1.94 bits per heavy atom. The normalized spacial score (nSPS) is 12.7. The van der Waals surface area contributed by atoms with Crippen molar-refractivity contribution in [3.63, 3.8) is 0 Å². The van der Waals surface area contributed by atoms with Crippen LogP contribution in [0.2, 0.25) is 0 Å². The smallest absolute Gasteiger partial charge is 0.0331 e. The van der Waals surface area contributed by atoms with E-state index in [4.69, 9.17) is 0 Å². The molecular weight excluding hydrogens is 262 g/mol. The largest absolute Gasteiger partial charge is 0.310 e. The second kappa shape index (κ2) is 7.86. The van der Waals surface area contributed by atoms with Crippen molar-refractivity contribution < 1.29 is 0 Å². The maximum Gasteiger partial charge on any atom is 0.0331 e. The Balaban J connectivity index is 2.65. The van der Waals surface area contributed by atoms with Crippen molar-refractivity contribution in [3.8, 4) is 0 Å². The van der Waals surface area contributed by atoms with Crippen LogP contribution in [0.5, 0.6) is 0 Å². The van der Waals surface area contributed by atoms with Crippen LogP contribution in [0.3, 0.4) is 0 Å². The van der Waals surface area contributed by atoms with E-state index >= 15 is 0 Å². The monoisotopic (exact) mass is 283 g/mol. The lowest BCUT2D eigenvalue weighted by Gasteiger charge is -2.19. The van der Waals surface area contributed by atoms with Crippen LogP contribution in [-0.4, -0.2) is 6.54 Å². The highest BCUT2D eigenvalue weighted by atomic mass is 79.9. The Hall–Kier alpha value is -0.340. The highest BCUT2D eigenvalue weighted by molar-refractivity contribution is 9.10. The van der Waals surface area contributed by atoms with Crippen molar-refractivity contribution in [1.29, 1.82) is 0 Å². The molecule has 0 heterocycles. The van der Waals surface area contributed by atoms with Gasteiger partial charge in [-0.05, 0) is 24.6 Å². The Morgan fingerprint density at radius 1 is 1.19 bits per heavy atom. The van der Waals surface area contributed by atoms with E-state index in [1.54, 1.807) is 0 Å². The summed E-state index contributed by atoms with van der Waals surface area (Å²) in [6.45, 7) is 5.45. The molecule has 1 N–H and O–H groups in total. The van der Waals surface area contributed by atoms with Gasteiger partial charge in [-0.2, -0.15) is 0 Å². The number of hydrogen-bond donors (Lipinski definition) is 1. The summed E-state index contributed by atoms with van der Waals surface area (Å²) < 4.78 is 1.22. The SMILES string of the molecule is CCCCCC(NCC)c1ccccc1Br. The zero-order chi connectivity index (χ0) is 11.8. The molecule has 0 spiro atoms. The predicted octanol–water partition coefficient (Wildman–Crippen LogP) is 4.68. The standard InChI is InChI=1S/C14H22BrN/c1-3-5-6-11-14(16-4-2)12-9-7-8-10-13(12)15/h7-10,14,16H,3-6,11H2,1-2H3. The maximum atomic E-state index is 3.64. The molecule has 0 radical (unpaired) electrons. The molecule has 1 rings (SSSR count). The van der Waals surface area contributed by atoms with Crippen molar-refractivity contribution in [1.82, 2.24) is 5.32 Å². The first kappa shape index (κ1) is 13.7. The average Bonchev–Trinajstić information content (AvgIpc) is 2.29. The van der Waals surface area contributed by atoms with Gasteiger partial charge in [-0.15, -0.1) is 0 Å². The Morgan fingerprint density at radius 3 is 2.56 bits per heavy atom. The molecule has 0 saturated carbocycles. The maximum absolute atomic E-state index is 3.64. The van der Waals surface area contributed by atoms with Crippen molar-refractivity contribution in [2.45, 2.75) is 45.6 Å². The average molecular weight is 284 g/mol. The highest BCUT2D eigenvalue weighted by Crippen LogP contribution is 2.26. The molecule has 0 aliphatic rings. The third kappa shape index (κ3) is 4.26. The molecule has 1 aromatic carbocycles. The summed E-state index contributed by atoms with van der Waals surface area (Å²) in [5.41, 5.74) is 1.39. The van der Waals surface area contributed by atoms with E-state index in [9.17, 15) is 0 Å². The van der Waals surface area contributed by atoms with Crippen LogP contribution < -0.4 is 5.32 Å². The highest BCUT2D eigenvalue weighted by Gasteiger charge is 2.11. The zero-order valence-corrected chi connectivity index (χ0v) is 11.9. The third-order valence-electron chi connectivity index (χ3n) is 2.83. The summed E-state index contributed by atoms with van der Waals surface area (Å²) in [6, 6.07) is 9.02. The molecule has 0 bridgehead atoms. The molecule has 16 heavy (non-hydrogen) atoms. The van der Waals surface area contributed by atoms with E-state index in [0.29, 0.717) is 6.04 Å². The van der Waals surface area contributed by atoms with E-state index in [-0.39, 0.29) is 0 Å². The lowest BCUT2D eigenvalue weighted by molar-refractivity contribution is 0.485. The van der Waals surface area contributed by atoms with E-state index in [2.05, 4.69) is 59.4 Å². The van der Waals surface area contributed by atoms with Crippen molar-refractivity contribution in [2.24, 2.45) is 0 Å². The molecular formula is C14H22BrN. The zero-order valence-electron chi connectivity index (χ0n) is 10.3. The van der Waals surface area contributed by atoms with E-state index in [0.717, 1.165) is 6.54 Å². The molecule has 0 aromatic heterocycles. The molecule has 1 nitrogen and oxygen atoms in total. The van der Waals surface area contributed by atoms with Gasteiger partial charge < -0.3 is 5.32 Å². The van der Waals surface area contributed by atoms with Crippen LogP contribution in [0.15, 0.2) is 28.7 Å². The second-order valence-electron chi connectivity index (χ2n) is 4.13. The molecule has 0 saturated heterocycles. The van der Waals surface area contributed by atoms with E-state index in [1.165, 1.54) is 35.7 Å². The first-order valence-corrected chi connectivity index (χ1v) is 7.06. The Labute approximate surface area is 108 Å².